The fourth-order valence-corrected chi connectivity index (χ4v) is 3.39. The van der Waals surface area contributed by atoms with Gasteiger partial charge in [0, 0.05) is 12.8 Å². The summed E-state index contributed by atoms with van der Waals surface area (Å²) in [7, 11) is 0. The molecule has 0 aliphatic rings. The van der Waals surface area contributed by atoms with Gasteiger partial charge in [-0.1, -0.05) is 104 Å². The quantitative estimate of drug-likeness (QED) is 0.144. The van der Waals surface area contributed by atoms with Crippen LogP contribution in [0.2, 0.25) is 0 Å². The lowest BCUT2D eigenvalue weighted by molar-refractivity contribution is -0.159. The van der Waals surface area contributed by atoms with Crippen LogP contribution in [0.15, 0.2) is 0 Å². The minimum Gasteiger partial charge on any atom is -0.393 e. The largest absolute Gasteiger partial charge is 0.393 e. The summed E-state index contributed by atoms with van der Waals surface area (Å²) >= 11 is 0. The summed E-state index contributed by atoms with van der Waals surface area (Å²) in [5.41, 5.74) is 0. The fraction of sp³-hybridized carbons (Fsp3) is 0.913. The summed E-state index contributed by atoms with van der Waals surface area (Å²) in [5.74, 6) is 0.141. The van der Waals surface area contributed by atoms with Crippen LogP contribution in [0.25, 0.3) is 0 Å². The molecular formula is C23H44O3. The molecular weight excluding hydrogens is 324 g/mol. The number of esters is 2. The van der Waals surface area contributed by atoms with Crippen LogP contribution in [-0.4, -0.2) is 11.9 Å². The van der Waals surface area contributed by atoms with Gasteiger partial charge in [0.2, 0.25) is 0 Å². The molecule has 0 fully saturated rings. The van der Waals surface area contributed by atoms with Gasteiger partial charge in [0.25, 0.3) is 0 Å². The van der Waals surface area contributed by atoms with Gasteiger partial charge in [-0.2, -0.15) is 0 Å². The van der Waals surface area contributed by atoms with Gasteiger partial charge in [0.15, 0.2) is 0 Å². The highest BCUT2D eigenvalue weighted by atomic mass is 16.6. The van der Waals surface area contributed by atoms with Gasteiger partial charge in [-0.15, -0.1) is 0 Å². The molecule has 0 rings (SSSR count). The van der Waals surface area contributed by atoms with Crippen molar-refractivity contribution < 1.29 is 14.3 Å². The van der Waals surface area contributed by atoms with Crippen molar-refractivity contribution in [2.45, 2.75) is 130 Å². The van der Waals surface area contributed by atoms with Gasteiger partial charge in [0.05, 0.1) is 0 Å². The van der Waals surface area contributed by atoms with E-state index in [1.807, 2.05) is 0 Å². The summed E-state index contributed by atoms with van der Waals surface area (Å²) in [4.78, 5) is 23.3. The van der Waals surface area contributed by atoms with Crippen LogP contribution in [0.3, 0.4) is 0 Å². The van der Waals surface area contributed by atoms with Gasteiger partial charge in [-0.3, -0.25) is 9.59 Å². The second kappa shape index (κ2) is 18.9. The molecule has 0 spiro atoms. The van der Waals surface area contributed by atoms with Crippen molar-refractivity contribution in [1.29, 1.82) is 0 Å². The van der Waals surface area contributed by atoms with Crippen molar-refractivity contribution in [3.8, 4) is 0 Å². The molecule has 0 N–H and O–H groups in total. The summed E-state index contributed by atoms with van der Waals surface area (Å²) in [5, 5.41) is 0. The van der Waals surface area contributed by atoms with Crippen LogP contribution in [0.1, 0.15) is 130 Å². The third kappa shape index (κ3) is 17.9. The molecule has 0 aliphatic heterocycles. The van der Waals surface area contributed by atoms with E-state index >= 15 is 0 Å². The minimum atomic E-state index is -0.339. The molecule has 0 aromatic rings. The number of unbranched alkanes of at least 4 members (excludes halogenated alkanes) is 10. The Morgan fingerprint density at radius 3 is 1.58 bits per heavy atom. The Labute approximate surface area is 162 Å². The zero-order chi connectivity index (χ0) is 19.5. The Balaban J connectivity index is 3.41. The maximum Gasteiger partial charge on any atom is 0.313 e. The maximum absolute atomic E-state index is 11.7. The number of ether oxygens (including phenoxy) is 1. The van der Waals surface area contributed by atoms with E-state index in [-0.39, 0.29) is 11.9 Å². The lowest BCUT2D eigenvalue weighted by atomic mass is 9.98. The minimum absolute atomic E-state index is 0.339. The summed E-state index contributed by atoms with van der Waals surface area (Å²) < 4.78 is 4.91. The Bertz CT molecular complexity index is 338. The number of carbonyl (C=O) groups is 2. The first kappa shape index (κ1) is 25.1. The Morgan fingerprint density at radius 2 is 1.08 bits per heavy atom. The SMILES string of the molecule is CCCCCCCCCCC(=O)OC(=O)CCCCCCC(C)CCC. The summed E-state index contributed by atoms with van der Waals surface area (Å²) in [6, 6.07) is 0. The third-order valence-corrected chi connectivity index (χ3v) is 5.07. The normalized spacial score (nSPS) is 12.1. The van der Waals surface area contributed by atoms with Crippen LogP contribution >= 0.6 is 0 Å². The third-order valence-electron chi connectivity index (χ3n) is 5.07. The second-order valence-corrected chi connectivity index (χ2v) is 7.92. The molecule has 1 atom stereocenters. The molecule has 0 bridgehead atoms. The van der Waals surface area contributed by atoms with E-state index in [1.54, 1.807) is 0 Å². The Hall–Kier alpha value is -0.860. The average Bonchev–Trinajstić information content (AvgIpc) is 2.60. The molecule has 0 saturated heterocycles. The van der Waals surface area contributed by atoms with E-state index in [1.165, 1.54) is 70.6 Å². The van der Waals surface area contributed by atoms with Crippen molar-refractivity contribution >= 4 is 11.9 Å². The highest BCUT2D eigenvalue weighted by molar-refractivity contribution is 5.85. The fourth-order valence-electron chi connectivity index (χ4n) is 3.39. The molecule has 3 heteroatoms. The molecule has 0 aromatic carbocycles. The van der Waals surface area contributed by atoms with Crippen LogP contribution in [0, 0.1) is 5.92 Å². The Kier molecular flexibility index (Phi) is 18.3. The molecule has 0 amide bonds. The van der Waals surface area contributed by atoms with Gasteiger partial charge >= 0.3 is 11.9 Å². The van der Waals surface area contributed by atoms with Crippen molar-refractivity contribution in [1.82, 2.24) is 0 Å². The first-order valence-electron chi connectivity index (χ1n) is 11.3. The summed E-state index contributed by atoms with van der Waals surface area (Å²) in [6.45, 7) is 6.78. The van der Waals surface area contributed by atoms with E-state index < -0.39 is 0 Å². The van der Waals surface area contributed by atoms with Crippen LogP contribution in [-0.2, 0) is 14.3 Å². The molecule has 154 valence electrons. The average molecular weight is 369 g/mol. The standard InChI is InChI=1S/C23H44O3/c1-4-6-7-8-9-10-11-15-19-22(24)26-23(25)20-16-13-12-14-18-21(3)17-5-2/h21H,4-20H2,1-3H3. The van der Waals surface area contributed by atoms with Crippen molar-refractivity contribution in [3.05, 3.63) is 0 Å². The topological polar surface area (TPSA) is 43.4 Å². The first-order valence-corrected chi connectivity index (χ1v) is 11.3. The molecule has 26 heavy (non-hydrogen) atoms. The molecule has 0 heterocycles. The van der Waals surface area contributed by atoms with Gasteiger partial charge in [-0.25, -0.2) is 0 Å². The number of hydrogen-bond acceptors (Lipinski definition) is 3. The van der Waals surface area contributed by atoms with E-state index in [0.717, 1.165) is 31.6 Å². The molecule has 3 nitrogen and oxygen atoms in total. The predicted molar refractivity (Wildman–Crippen MR) is 110 cm³/mol. The van der Waals surface area contributed by atoms with Gasteiger partial charge < -0.3 is 4.74 Å². The number of hydrogen-bond donors (Lipinski definition) is 0. The molecule has 0 aliphatic carbocycles. The Morgan fingerprint density at radius 1 is 0.615 bits per heavy atom. The van der Waals surface area contributed by atoms with E-state index in [0.29, 0.717) is 12.8 Å². The van der Waals surface area contributed by atoms with Crippen molar-refractivity contribution in [2.24, 2.45) is 5.92 Å². The highest BCUT2D eigenvalue weighted by Gasteiger charge is 2.10. The van der Waals surface area contributed by atoms with Gasteiger partial charge in [-0.05, 0) is 18.8 Å². The maximum atomic E-state index is 11.7. The van der Waals surface area contributed by atoms with Crippen LogP contribution in [0.4, 0.5) is 0 Å². The lowest BCUT2D eigenvalue weighted by Crippen LogP contribution is -2.11. The molecule has 0 aromatic heterocycles. The summed E-state index contributed by atoms with van der Waals surface area (Å²) in [6.07, 6.45) is 18.5. The van der Waals surface area contributed by atoms with Gasteiger partial charge in [0.1, 0.15) is 0 Å². The van der Waals surface area contributed by atoms with E-state index in [9.17, 15) is 9.59 Å². The zero-order valence-electron chi connectivity index (χ0n) is 17.8. The number of rotatable bonds is 18. The van der Waals surface area contributed by atoms with Crippen LogP contribution < -0.4 is 0 Å². The predicted octanol–water partition coefficient (Wildman–Crippen LogP) is 7.36. The van der Waals surface area contributed by atoms with Crippen molar-refractivity contribution in [3.63, 3.8) is 0 Å². The molecule has 0 saturated carbocycles. The molecule has 0 radical (unpaired) electrons. The smallest absolute Gasteiger partial charge is 0.313 e. The molecule has 1 unspecified atom stereocenters. The monoisotopic (exact) mass is 368 g/mol. The second-order valence-electron chi connectivity index (χ2n) is 7.92. The number of carbonyl (C=O) groups excluding carboxylic acids is 2. The lowest BCUT2D eigenvalue weighted by Gasteiger charge is -2.09. The van der Waals surface area contributed by atoms with Crippen molar-refractivity contribution in [2.75, 3.05) is 0 Å². The highest BCUT2D eigenvalue weighted by Crippen LogP contribution is 2.16. The van der Waals surface area contributed by atoms with Crippen LogP contribution in [0.5, 0.6) is 0 Å². The first-order chi connectivity index (χ1) is 12.6. The van der Waals surface area contributed by atoms with E-state index in [4.69, 9.17) is 4.74 Å². The van der Waals surface area contributed by atoms with E-state index in [2.05, 4.69) is 20.8 Å². The zero-order valence-corrected chi connectivity index (χ0v) is 17.8.